The summed E-state index contributed by atoms with van der Waals surface area (Å²) in [5.74, 6) is 1.80. The predicted octanol–water partition coefficient (Wildman–Crippen LogP) is -0.429. The summed E-state index contributed by atoms with van der Waals surface area (Å²) >= 11 is 0. The zero-order valence-electron chi connectivity index (χ0n) is 12.9. The summed E-state index contributed by atoms with van der Waals surface area (Å²) in [5, 5.41) is 12.6. The second kappa shape index (κ2) is 5.53. The molecule has 1 fully saturated rings. The summed E-state index contributed by atoms with van der Waals surface area (Å²) in [5.41, 5.74) is 0.709. The summed E-state index contributed by atoms with van der Waals surface area (Å²) < 4.78 is 28.3. The van der Waals surface area contributed by atoms with Crippen LogP contribution in [0.4, 0.5) is 5.82 Å². The molecule has 3 aromatic heterocycles. The molecule has 0 amide bonds. The van der Waals surface area contributed by atoms with E-state index < -0.39 is 10.0 Å². The standard InChI is InChI=1S/C13H16N8O2S/c1-9-17-18-11-2-3-12(19-21(9)11)20-6-10(7-20)4-16-24(22,23)13-5-14-8-15-13/h2-3,5,8,10,16H,4,6-7H2,1H3,(H,14,15). The second-order valence-electron chi connectivity index (χ2n) is 5.75. The van der Waals surface area contributed by atoms with Crippen molar-refractivity contribution in [3.8, 4) is 0 Å². The van der Waals surface area contributed by atoms with E-state index in [9.17, 15) is 8.42 Å². The van der Waals surface area contributed by atoms with Crippen LogP contribution < -0.4 is 9.62 Å². The molecule has 24 heavy (non-hydrogen) atoms. The van der Waals surface area contributed by atoms with Gasteiger partial charge in [-0.15, -0.1) is 15.3 Å². The predicted molar refractivity (Wildman–Crippen MR) is 85.0 cm³/mol. The minimum absolute atomic E-state index is 0.0777. The van der Waals surface area contributed by atoms with Gasteiger partial charge in [0.1, 0.15) is 5.82 Å². The van der Waals surface area contributed by atoms with Gasteiger partial charge in [-0.2, -0.15) is 4.52 Å². The third-order valence-electron chi connectivity index (χ3n) is 4.01. The maximum Gasteiger partial charge on any atom is 0.257 e. The molecule has 2 N–H and O–H groups in total. The summed E-state index contributed by atoms with van der Waals surface area (Å²) in [6.07, 6.45) is 2.63. The fraction of sp³-hybridized carbons (Fsp3) is 0.385. The molecular weight excluding hydrogens is 332 g/mol. The molecule has 0 unspecified atom stereocenters. The van der Waals surface area contributed by atoms with Gasteiger partial charge in [0, 0.05) is 25.6 Å². The van der Waals surface area contributed by atoms with Gasteiger partial charge in [-0.05, 0) is 19.1 Å². The van der Waals surface area contributed by atoms with Crippen molar-refractivity contribution >= 4 is 21.5 Å². The Morgan fingerprint density at radius 3 is 2.92 bits per heavy atom. The van der Waals surface area contributed by atoms with Gasteiger partial charge >= 0.3 is 0 Å². The quantitative estimate of drug-likeness (QED) is 0.642. The number of imidazole rings is 1. The number of aromatic amines is 1. The molecule has 4 heterocycles. The van der Waals surface area contributed by atoms with Crippen molar-refractivity contribution in [3.63, 3.8) is 0 Å². The highest BCUT2D eigenvalue weighted by Gasteiger charge is 2.29. The van der Waals surface area contributed by atoms with Crippen LogP contribution in [0.15, 0.2) is 29.7 Å². The van der Waals surface area contributed by atoms with Crippen LogP contribution >= 0.6 is 0 Å². The minimum atomic E-state index is -3.52. The Balaban J connectivity index is 1.37. The number of anilines is 1. The van der Waals surface area contributed by atoms with Gasteiger partial charge in [-0.1, -0.05) is 0 Å². The number of nitrogens with one attached hydrogen (secondary N) is 2. The van der Waals surface area contributed by atoms with Gasteiger partial charge in [-0.25, -0.2) is 18.1 Å². The second-order valence-corrected chi connectivity index (χ2v) is 7.48. The number of rotatable bonds is 5. The number of aryl methyl sites for hydroxylation is 1. The van der Waals surface area contributed by atoms with Crippen molar-refractivity contribution in [2.24, 2.45) is 5.92 Å². The maximum absolute atomic E-state index is 12.0. The molecule has 11 heteroatoms. The van der Waals surface area contributed by atoms with Crippen LogP contribution in [0.25, 0.3) is 5.65 Å². The molecule has 0 aromatic carbocycles. The number of sulfonamides is 1. The number of aromatic nitrogens is 6. The SMILES string of the molecule is Cc1nnc2ccc(N3CC(CNS(=O)(=O)c4cnc[nH]4)C3)nn12. The van der Waals surface area contributed by atoms with E-state index >= 15 is 0 Å². The van der Waals surface area contributed by atoms with Gasteiger partial charge in [0.05, 0.1) is 12.5 Å². The monoisotopic (exact) mass is 348 g/mol. The number of hydrogen-bond acceptors (Lipinski definition) is 7. The van der Waals surface area contributed by atoms with Gasteiger partial charge in [0.25, 0.3) is 10.0 Å². The third-order valence-corrected chi connectivity index (χ3v) is 5.36. The van der Waals surface area contributed by atoms with Crippen LogP contribution in [0.2, 0.25) is 0 Å². The van der Waals surface area contributed by atoms with E-state index in [1.54, 1.807) is 4.52 Å². The van der Waals surface area contributed by atoms with Crippen molar-refractivity contribution in [3.05, 3.63) is 30.5 Å². The first kappa shape index (κ1) is 15.0. The lowest BCUT2D eigenvalue weighted by atomic mass is 10.0. The van der Waals surface area contributed by atoms with Gasteiger partial charge in [0.2, 0.25) is 0 Å². The minimum Gasteiger partial charge on any atom is -0.354 e. The summed E-state index contributed by atoms with van der Waals surface area (Å²) in [7, 11) is -3.52. The molecule has 4 rings (SSSR count). The molecule has 0 radical (unpaired) electrons. The van der Waals surface area contributed by atoms with E-state index in [4.69, 9.17) is 0 Å². The molecule has 0 aliphatic carbocycles. The topological polar surface area (TPSA) is 121 Å². The smallest absolute Gasteiger partial charge is 0.257 e. The first-order chi connectivity index (χ1) is 11.5. The van der Waals surface area contributed by atoms with Gasteiger partial charge in [0.15, 0.2) is 16.5 Å². The molecule has 1 saturated heterocycles. The Morgan fingerprint density at radius 2 is 2.17 bits per heavy atom. The largest absolute Gasteiger partial charge is 0.354 e. The lowest BCUT2D eigenvalue weighted by molar-refractivity contribution is 0.401. The van der Waals surface area contributed by atoms with Crippen molar-refractivity contribution in [2.45, 2.75) is 11.9 Å². The zero-order valence-corrected chi connectivity index (χ0v) is 13.7. The molecule has 1 aliphatic heterocycles. The average Bonchev–Trinajstić information content (AvgIpc) is 3.17. The van der Waals surface area contributed by atoms with E-state index in [-0.39, 0.29) is 10.9 Å². The molecule has 3 aromatic rings. The molecule has 0 atom stereocenters. The van der Waals surface area contributed by atoms with Crippen LogP contribution in [0.3, 0.4) is 0 Å². The number of hydrogen-bond donors (Lipinski definition) is 2. The summed E-state index contributed by atoms with van der Waals surface area (Å²) in [4.78, 5) is 8.41. The summed E-state index contributed by atoms with van der Waals surface area (Å²) in [6.45, 7) is 3.71. The molecular formula is C13H16N8O2S. The number of H-pyrrole nitrogens is 1. The van der Waals surface area contributed by atoms with Crippen LogP contribution in [-0.2, 0) is 10.0 Å². The molecule has 1 aliphatic rings. The molecule has 0 spiro atoms. The highest BCUT2D eigenvalue weighted by Crippen LogP contribution is 2.22. The number of fused-ring (bicyclic) bond motifs is 1. The van der Waals surface area contributed by atoms with Crippen molar-refractivity contribution < 1.29 is 8.42 Å². The Hall–Kier alpha value is -2.53. The summed E-state index contributed by atoms with van der Waals surface area (Å²) in [6, 6.07) is 3.77. The lowest BCUT2D eigenvalue weighted by Crippen LogP contribution is -2.52. The fourth-order valence-electron chi connectivity index (χ4n) is 2.64. The Kier molecular flexibility index (Phi) is 3.46. The Morgan fingerprint density at radius 1 is 1.33 bits per heavy atom. The van der Waals surface area contributed by atoms with E-state index in [1.165, 1.54) is 12.5 Å². The van der Waals surface area contributed by atoms with Crippen LogP contribution in [-0.4, -0.2) is 57.8 Å². The Bertz CT molecular complexity index is 959. The van der Waals surface area contributed by atoms with Crippen molar-refractivity contribution in [1.82, 2.24) is 34.5 Å². The van der Waals surface area contributed by atoms with E-state index in [2.05, 4.69) is 34.9 Å². The molecule has 10 nitrogen and oxygen atoms in total. The lowest BCUT2D eigenvalue weighted by Gasteiger charge is -2.40. The van der Waals surface area contributed by atoms with Crippen LogP contribution in [0, 0.1) is 12.8 Å². The fourth-order valence-corrected chi connectivity index (χ4v) is 3.65. The normalized spacial score (nSPS) is 15.8. The molecule has 0 saturated carbocycles. The first-order valence-corrected chi connectivity index (χ1v) is 8.93. The van der Waals surface area contributed by atoms with E-state index in [1.807, 2.05) is 19.1 Å². The zero-order chi connectivity index (χ0) is 16.7. The van der Waals surface area contributed by atoms with Gasteiger partial charge in [-0.3, -0.25) is 0 Å². The van der Waals surface area contributed by atoms with Gasteiger partial charge < -0.3 is 9.88 Å². The van der Waals surface area contributed by atoms with Crippen LogP contribution in [0.5, 0.6) is 0 Å². The number of nitrogens with zero attached hydrogens (tertiary/aromatic N) is 6. The average molecular weight is 348 g/mol. The van der Waals surface area contributed by atoms with E-state index in [0.29, 0.717) is 12.2 Å². The van der Waals surface area contributed by atoms with Crippen LogP contribution in [0.1, 0.15) is 5.82 Å². The highest BCUT2D eigenvalue weighted by atomic mass is 32.2. The van der Waals surface area contributed by atoms with Crippen molar-refractivity contribution in [1.29, 1.82) is 0 Å². The maximum atomic E-state index is 12.0. The third kappa shape index (κ3) is 2.61. The molecule has 126 valence electrons. The van der Waals surface area contributed by atoms with E-state index in [0.717, 1.165) is 24.7 Å². The molecule has 0 bridgehead atoms. The van der Waals surface area contributed by atoms with Crippen molar-refractivity contribution in [2.75, 3.05) is 24.5 Å². The Labute approximate surface area is 138 Å². The highest BCUT2D eigenvalue weighted by molar-refractivity contribution is 7.89. The first-order valence-electron chi connectivity index (χ1n) is 7.45.